The van der Waals surface area contributed by atoms with Gasteiger partial charge in [-0.1, -0.05) is 39.0 Å². The normalized spacial score (nSPS) is 11.8. The summed E-state index contributed by atoms with van der Waals surface area (Å²) >= 11 is 0. The van der Waals surface area contributed by atoms with Crippen LogP contribution in [-0.4, -0.2) is 17.9 Å². The van der Waals surface area contributed by atoms with Gasteiger partial charge in [-0.2, -0.15) is 0 Å². The van der Waals surface area contributed by atoms with E-state index in [2.05, 4.69) is 4.98 Å². The summed E-state index contributed by atoms with van der Waals surface area (Å²) in [7, 11) is 1.84. The van der Waals surface area contributed by atoms with Crippen LogP contribution in [0.3, 0.4) is 0 Å². The molecular weight excluding hydrogens is 224 g/mol. The van der Waals surface area contributed by atoms with E-state index in [1.54, 1.807) is 4.90 Å². The molecule has 0 spiro atoms. The standard InChI is InChI=1S/C15H20N2O/c1-10-13(17(5)14(18)15(2,3)4)11-8-6-7-9-12(11)16-10/h6-9,16H,1-5H3. The van der Waals surface area contributed by atoms with Crippen LogP contribution in [-0.2, 0) is 4.79 Å². The van der Waals surface area contributed by atoms with Crippen molar-refractivity contribution in [3.63, 3.8) is 0 Å². The summed E-state index contributed by atoms with van der Waals surface area (Å²) in [5.41, 5.74) is 2.69. The average molecular weight is 244 g/mol. The minimum Gasteiger partial charge on any atom is -0.357 e. The van der Waals surface area contributed by atoms with Crippen LogP contribution in [0.25, 0.3) is 10.9 Å². The number of nitrogens with zero attached hydrogens (tertiary/aromatic N) is 1. The van der Waals surface area contributed by atoms with Crippen molar-refractivity contribution in [2.24, 2.45) is 5.41 Å². The van der Waals surface area contributed by atoms with Crippen molar-refractivity contribution >= 4 is 22.5 Å². The number of para-hydroxylation sites is 1. The second-order valence-corrected chi connectivity index (χ2v) is 5.76. The Balaban J connectivity index is 2.54. The van der Waals surface area contributed by atoms with E-state index in [9.17, 15) is 4.79 Å². The summed E-state index contributed by atoms with van der Waals surface area (Å²) in [5.74, 6) is 0.121. The van der Waals surface area contributed by atoms with Crippen LogP contribution in [0.4, 0.5) is 5.69 Å². The van der Waals surface area contributed by atoms with E-state index in [1.807, 2.05) is 59.0 Å². The van der Waals surface area contributed by atoms with Gasteiger partial charge in [0.05, 0.1) is 5.69 Å². The lowest BCUT2D eigenvalue weighted by atomic mass is 9.94. The molecule has 0 saturated carbocycles. The number of benzene rings is 1. The molecule has 18 heavy (non-hydrogen) atoms. The number of carbonyl (C=O) groups is 1. The van der Waals surface area contributed by atoms with Gasteiger partial charge in [-0.25, -0.2) is 0 Å². The molecule has 0 unspecified atom stereocenters. The van der Waals surface area contributed by atoms with Crippen molar-refractivity contribution in [3.05, 3.63) is 30.0 Å². The molecule has 3 nitrogen and oxygen atoms in total. The summed E-state index contributed by atoms with van der Waals surface area (Å²) in [6, 6.07) is 8.06. The Bertz CT molecular complexity index is 590. The average Bonchev–Trinajstić information content (AvgIpc) is 2.61. The molecule has 0 saturated heterocycles. The molecule has 0 bridgehead atoms. The quantitative estimate of drug-likeness (QED) is 0.819. The predicted octanol–water partition coefficient (Wildman–Crippen LogP) is 3.49. The van der Waals surface area contributed by atoms with Crippen molar-refractivity contribution in [1.82, 2.24) is 4.98 Å². The number of hydrogen-bond donors (Lipinski definition) is 1. The first-order chi connectivity index (χ1) is 8.32. The van der Waals surface area contributed by atoms with Crippen LogP contribution in [0, 0.1) is 12.3 Å². The number of fused-ring (bicyclic) bond motifs is 1. The number of amides is 1. The van der Waals surface area contributed by atoms with Gasteiger partial charge in [0, 0.05) is 29.1 Å². The van der Waals surface area contributed by atoms with Crippen LogP contribution in [0.2, 0.25) is 0 Å². The van der Waals surface area contributed by atoms with E-state index in [0.717, 1.165) is 22.3 Å². The zero-order valence-corrected chi connectivity index (χ0v) is 11.7. The van der Waals surface area contributed by atoms with Crippen molar-refractivity contribution in [2.45, 2.75) is 27.7 Å². The Morgan fingerprint density at radius 1 is 1.22 bits per heavy atom. The first kappa shape index (κ1) is 12.7. The van der Waals surface area contributed by atoms with Gasteiger partial charge in [0.25, 0.3) is 0 Å². The summed E-state index contributed by atoms with van der Waals surface area (Å²) in [4.78, 5) is 17.4. The molecule has 3 heteroatoms. The molecule has 1 heterocycles. The molecule has 0 aliphatic rings. The van der Waals surface area contributed by atoms with Gasteiger partial charge in [-0.3, -0.25) is 4.79 Å². The van der Waals surface area contributed by atoms with Gasteiger partial charge in [-0.15, -0.1) is 0 Å². The number of carbonyl (C=O) groups excluding carboxylic acids is 1. The minimum absolute atomic E-state index is 0.121. The molecule has 0 fully saturated rings. The topological polar surface area (TPSA) is 36.1 Å². The zero-order valence-electron chi connectivity index (χ0n) is 11.7. The Labute approximate surface area is 108 Å². The molecule has 1 N–H and O–H groups in total. The smallest absolute Gasteiger partial charge is 0.232 e. The molecule has 2 aromatic rings. The fourth-order valence-electron chi connectivity index (χ4n) is 2.30. The third-order valence-electron chi connectivity index (χ3n) is 3.14. The van der Waals surface area contributed by atoms with Gasteiger partial charge in [0.1, 0.15) is 0 Å². The van der Waals surface area contributed by atoms with Gasteiger partial charge in [-0.05, 0) is 13.0 Å². The maximum atomic E-state index is 12.4. The van der Waals surface area contributed by atoms with E-state index in [0.29, 0.717) is 0 Å². The number of rotatable bonds is 1. The summed E-state index contributed by atoms with van der Waals surface area (Å²) in [5, 5.41) is 1.09. The highest BCUT2D eigenvalue weighted by atomic mass is 16.2. The molecule has 1 aromatic carbocycles. The number of aryl methyl sites for hydroxylation is 1. The first-order valence-corrected chi connectivity index (χ1v) is 6.18. The first-order valence-electron chi connectivity index (χ1n) is 6.18. The Morgan fingerprint density at radius 2 is 1.83 bits per heavy atom. The third kappa shape index (κ3) is 2.01. The Hall–Kier alpha value is -1.77. The highest BCUT2D eigenvalue weighted by Gasteiger charge is 2.28. The highest BCUT2D eigenvalue weighted by molar-refractivity contribution is 6.05. The largest absolute Gasteiger partial charge is 0.357 e. The van der Waals surface area contributed by atoms with Gasteiger partial charge in [0.2, 0.25) is 5.91 Å². The molecular formula is C15H20N2O. The van der Waals surface area contributed by atoms with Crippen LogP contribution in [0.5, 0.6) is 0 Å². The fourth-order valence-corrected chi connectivity index (χ4v) is 2.30. The summed E-state index contributed by atoms with van der Waals surface area (Å²) in [6.07, 6.45) is 0. The number of nitrogens with one attached hydrogen (secondary N) is 1. The Morgan fingerprint density at radius 3 is 2.44 bits per heavy atom. The minimum atomic E-state index is -0.375. The van der Waals surface area contributed by atoms with E-state index >= 15 is 0 Å². The van der Waals surface area contributed by atoms with Crippen molar-refractivity contribution < 1.29 is 4.79 Å². The molecule has 96 valence electrons. The van der Waals surface area contributed by atoms with E-state index in [4.69, 9.17) is 0 Å². The third-order valence-corrected chi connectivity index (χ3v) is 3.14. The van der Waals surface area contributed by atoms with Gasteiger partial charge >= 0.3 is 0 Å². The zero-order chi connectivity index (χ0) is 13.5. The van der Waals surface area contributed by atoms with Crippen molar-refractivity contribution in [3.8, 4) is 0 Å². The van der Waals surface area contributed by atoms with Gasteiger partial charge in [0.15, 0.2) is 0 Å². The Kier molecular flexibility index (Phi) is 2.93. The number of aromatic amines is 1. The maximum absolute atomic E-state index is 12.4. The van der Waals surface area contributed by atoms with Gasteiger partial charge < -0.3 is 9.88 Å². The van der Waals surface area contributed by atoms with E-state index in [-0.39, 0.29) is 11.3 Å². The van der Waals surface area contributed by atoms with E-state index < -0.39 is 0 Å². The van der Waals surface area contributed by atoms with Crippen molar-refractivity contribution in [1.29, 1.82) is 0 Å². The lowest BCUT2D eigenvalue weighted by Crippen LogP contribution is -2.36. The summed E-state index contributed by atoms with van der Waals surface area (Å²) in [6.45, 7) is 7.82. The molecule has 0 aliphatic carbocycles. The molecule has 0 radical (unpaired) electrons. The number of H-pyrrole nitrogens is 1. The summed E-state index contributed by atoms with van der Waals surface area (Å²) < 4.78 is 0. The predicted molar refractivity (Wildman–Crippen MR) is 75.9 cm³/mol. The van der Waals surface area contributed by atoms with Crippen LogP contribution in [0.1, 0.15) is 26.5 Å². The highest BCUT2D eigenvalue weighted by Crippen LogP contribution is 2.32. The molecule has 1 amide bonds. The van der Waals surface area contributed by atoms with Crippen molar-refractivity contribution in [2.75, 3.05) is 11.9 Å². The SMILES string of the molecule is Cc1[nH]c2ccccc2c1N(C)C(=O)C(C)(C)C. The maximum Gasteiger partial charge on any atom is 0.232 e. The molecule has 2 rings (SSSR count). The second kappa shape index (κ2) is 4.16. The molecule has 0 aliphatic heterocycles. The number of aromatic nitrogens is 1. The van der Waals surface area contributed by atoms with Crippen LogP contribution < -0.4 is 4.90 Å². The lowest BCUT2D eigenvalue weighted by molar-refractivity contribution is -0.125. The second-order valence-electron chi connectivity index (χ2n) is 5.76. The van der Waals surface area contributed by atoms with Crippen LogP contribution in [0.15, 0.2) is 24.3 Å². The lowest BCUT2D eigenvalue weighted by Gasteiger charge is -2.26. The van der Waals surface area contributed by atoms with E-state index in [1.165, 1.54) is 0 Å². The number of hydrogen-bond acceptors (Lipinski definition) is 1. The monoisotopic (exact) mass is 244 g/mol. The molecule has 1 aromatic heterocycles. The van der Waals surface area contributed by atoms with Crippen LogP contribution >= 0.6 is 0 Å². The fraction of sp³-hybridized carbons (Fsp3) is 0.400. The number of anilines is 1. The molecule has 0 atom stereocenters.